The monoisotopic (exact) mass is 484 g/mol. The van der Waals surface area contributed by atoms with E-state index in [2.05, 4.69) is 25.7 Å². The quantitative estimate of drug-likeness (QED) is 0.370. The standard InChI is InChI=1S/C24H23F3N6O2/c1-4-33-13-19-22(32-33)31-21(12-28-19)29-14(2)15-6-5-7-17(10-15)30-23(34)16-8-9-18(24(25,26)27)20(11-16)35-3/h5-14H,4H2,1-3H3,(H,30,34)(H,29,31,32)/t14-/m0/s1. The lowest BCUT2D eigenvalue weighted by Crippen LogP contribution is -2.14. The SMILES string of the molecule is CCn1cc2ncc(N[C@@H](C)c3cccc(NC(=O)c4ccc(C(F)(F)F)c(OC)c4)c3)nc2n1. The van der Waals surface area contributed by atoms with Crippen LogP contribution in [0.4, 0.5) is 24.7 Å². The van der Waals surface area contributed by atoms with Crippen LogP contribution in [0, 0.1) is 0 Å². The number of carbonyl (C=O) groups is 1. The molecule has 1 amide bonds. The first-order valence-electron chi connectivity index (χ1n) is 10.8. The van der Waals surface area contributed by atoms with Crippen LogP contribution in [-0.2, 0) is 12.7 Å². The number of hydrogen-bond acceptors (Lipinski definition) is 6. The lowest BCUT2D eigenvalue weighted by atomic mass is 10.1. The van der Waals surface area contributed by atoms with Crippen molar-refractivity contribution in [1.29, 1.82) is 0 Å². The van der Waals surface area contributed by atoms with Crippen LogP contribution in [-0.4, -0.2) is 32.8 Å². The molecule has 2 aromatic heterocycles. The minimum atomic E-state index is -4.58. The van der Waals surface area contributed by atoms with Crippen LogP contribution in [0.3, 0.4) is 0 Å². The van der Waals surface area contributed by atoms with E-state index in [1.54, 1.807) is 29.1 Å². The number of aromatic nitrogens is 4. The summed E-state index contributed by atoms with van der Waals surface area (Å²) in [5.74, 6) is -0.422. The topological polar surface area (TPSA) is 94.0 Å². The fourth-order valence-electron chi connectivity index (χ4n) is 3.54. The Balaban J connectivity index is 1.48. The number of nitrogens with one attached hydrogen (secondary N) is 2. The molecule has 0 aliphatic rings. The summed E-state index contributed by atoms with van der Waals surface area (Å²) >= 11 is 0. The zero-order valence-electron chi connectivity index (χ0n) is 19.2. The van der Waals surface area contributed by atoms with Crippen molar-refractivity contribution in [2.45, 2.75) is 32.6 Å². The molecule has 0 fully saturated rings. The summed E-state index contributed by atoms with van der Waals surface area (Å²) in [6.07, 6.45) is -1.12. The van der Waals surface area contributed by atoms with Crippen LogP contribution in [0.25, 0.3) is 11.2 Å². The van der Waals surface area contributed by atoms with Gasteiger partial charge in [-0.25, -0.2) is 9.97 Å². The molecule has 0 saturated heterocycles. The largest absolute Gasteiger partial charge is 0.496 e. The second kappa shape index (κ2) is 9.61. The molecule has 4 rings (SSSR count). The first-order valence-corrected chi connectivity index (χ1v) is 10.8. The second-order valence-electron chi connectivity index (χ2n) is 7.81. The number of hydrogen-bond donors (Lipinski definition) is 2. The number of halogens is 3. The molecule has 0 unspecified atom stereocenters. The van der Waals surface area contributed by atoms with Gasteiger partial charge in [0.15, 0.2) is 0 Å². The molecule has 1 atom stereocenters. The Morgan fingerprint density at radius 3 is 2.71 bits per heavy atom. The zero-order valence-corrected chi connectivity index (χ0v) is 19.2. The summed E-state index contributed by atoms with van der Waals surface area (Å²) in [5, 5.41) is 10.3. The number of ether oxygens (including phenoxy) is 1. The molecule has 182 valence electrons. The number of carbonyl (C=O) groups excluding carboxylic acids is 1. The van der Waals surface area contributed by atoms with Crippen molar-refractivity contribution in [2.75, 3.05) is 17.7 Å². The molecular formula is C24H23F3N6O2. The van der Waals surface area contributed by atoms with Crippen LogP contribution in [0.2, 0.25) is 0 Å². The van der Waals surface area contributed by atoms with E-state index in [1.807, 2.05) is 26.1 Å². The van der Waals surface area contributed by atoms with Gasteiger partial charge in [-0.3, -0.25) is 9.48 Å². The molecule has 2 heterocycles. The first-order chi connectivity index (χ1) is 16.7. The maximum absolute atomic E-state index is 13.1. The lowest BCUT2D eigenvalue weighted by molar-refractivity contribution is -0.138. The Kier molecular flexibility index (Phi) is 6.59. The molecule has 0 radical (unpaired) electrons. The van der Waals surface area contributed by atoms with Crippen molar-refractivity contribution in [3.8, 4) is 5.75 Å². The molecule has 0 aliphatic carbocycles. The van der Waals surface area contributed by atoms with Crippen molar-refractivity contribution in [3.05, 3.63) is 71.5 Å². The van der Waals surface area contributed by atoms with Gasteiger partial charge in [0.05, 0.1) is 31.1 Å². The van der Waals surface area contributed by atoms with Crippen molar-refractivity contribution in [3.63, 3.8) is 0 Å². The average molecular weight is 484 g/mol. The highest BCUT2D eigenvalue weighted by molar-refractivity contribution is 6.04. The molecule has 8 nitrogen and oxygen atoms in total. The van der Waals surface area contributed by atoms with Gasteiger partial charge in [0, 0.05) is 17.8 Å². The molecule has 4 aromatic rings. The molecule has 0 saturated carbocycles. The number of benzene rings is 2. The lowest BCUT2D eigenvalue weighted by Gasteiger charge is -2.16. The Hall–Kier alpha value is -4.15. The van der Waals surface area contributed by atoms with Gasteiger partial charge >= 0.3 is 6.18 Å². The molecule has 0 aliphatic heterocycles. The van der Waals surface area contributed by atoms with Gasteiger partial charge in [0.1, 0.15) is 17.1 Å². The number of anilines is 2. The fourth-order valence-corrected chi connectivity index (χ4v) is 3.54. The molecule has 0 bridgehead atoms. The number of aryl methyl sites for hydroxylation is 1. The third-order valence-corrected chi connectivity index (χ3v) is 5.38. The van der Waals surface area contributed by atoms with E-state index in [0.717, 1.165) is 37.4 Å². The van der Waals surface area contributed by atoms with Crippen LogP contribution < -0.4 is 15.4 Å². The van der Waals surface area contributed by atoms with E-state index in [-0.39, 0.29) is 11.6 Å². The molecule has 2 aromatic carbocycles. The van der Waals surface area contributed by atoms with Crippen molar-refractivity contribution >= 4 is 28.6 Å². The van der Waals surface area contributed by atoms with Gasteiger partial charge < -0.3 is 15.4 Å². The predicted octanol–water partition coefficient (Wildman–Crippen LogP) is 5.30. The van der Waals surface area contributed by atoms with Crippen LogP contribution >= 0.6 is 0 Å². The minimum Gasteiger partial charge on any atom is -0.496 e. The van der Waals surface area contributed by atoms with Gasteiger partial charge in [-0.2, -0.15) is 18.3 Å². The summed E-state index contributed by atoms with van der Waals surface area (Å²) in [5.41, 5.74) is 1.69. The predicted molar refractivity (Wildman–Crippen MR) is 125 cm³/mol. The zero-order chi connectivity index (χ0) is 25.2. The molecule has 35 heavy (non-hydrogen) atoms. The van der Waals surface area contributed by atoms with Gasteiger partial charge in [-0.05, 0) is 49.7 Å². The number of alkyl halides is 3. The van der Waals surface area contributed by atoms with E-state index in [1.165, 1.54) is 0 Å². The number of amides is 1. The highest BCUT2D eigenvalue weighted by Gasteiger charge is 2.34. The van der Waals surface area contributed by atoms with Crippen LogP contribution in [0.5, 0.6) is 5.75 Å². The van der Waals surface area contributed by atoms with E-state index in [0.29, 0.717) is 22.7 Å². The summed E-state index contributed by atoms with van der Waals surface area (Å²) in [7, 11) is 1.13. The third-order valence-electron chi connectivity index (χ3n) is 5.38. The van der Waals surface area contributed by atoms with E-state index >= 15 is 0 Å². The van der Waals surface area contributed by atoms with Gasteiger partial charge in [-0.1, -0.05) is 12.1 Å². The molecule has 11 heteroatoms. The summed E-state index contributed by atoms with van der Waals surface area (Å²) in [4.78, 5) is 21.5. The summed E-state index contributed by atoms with van der Waals surface area (Å²) in [6, 6.07) is 9.95. The average Bonchev–Trinajstić information content (AvgIpc) is 3.25. The van der Waals surface area contributed by atoms with Crippen molar-refractivity contribution in [1.82, 2.24) is 19.7 Å². The fraction of sp³-hybridized carbons (Fsp3) is 0.250. The van der Waals surface area contributed by atoms with Gasteiger partial charge in [-0.15, -0.1) is 0 Å². The minimum absolute atomic E-state index is 0.0431. The number of nitrogens with zero attached hydrogens (tertiary/aromatic N) is 4. The molecular weight excluding hydrogens is 461 g/mol. The van der Waals surface area contributed by atoms with Crippen molar-refractivity contribution in [2.24, 2.45) is 0 Å². The van der Waals surface area contributed by atoms with Crippen molar-refractivity contribution < 1.29 is 22.7 Å². The van der Waals surface area contributed by atoms with E-state index in [9.17, 15) is 18.0 Å². The Bertz CT molecular complexity index is 1370. The van der Waals surface area contributed by atoms with Gasteiger partial charge in [0.2, 0.25) is 5.65 Å². The Labute approximate surface area is 199 Å². The van der Waals surface area contributed by atoms with E-state index in [4.69, 9.17) is 4.74 Å². The van der Waals surface area contributed by atoms with Crippen LogP contribution in [0.15, 0.2) is 54.9 Å². The summed E-state index contributed by atoms with van der Waals surface area (Å²) < 4.78 is 45.8. The number of rotatable bonds is 7. The maximum atomic E-state index is 13.1. The Morgan fingerprint density at radius 2 is 2.00 bits per heavy atom. The van der Waals surface area contributed by atoms with E-state index < -0.39 is 23.4 Å². The van der Waals surface area contributed by atoms with Gasteiger partial charge in [0.25, 0.3) is 5.91 Å². The second-order valence-corrected chi connectivity index (χ2v) is 7.81. The highest BCUT2D eigenvalue weighted by atomic mass is 19.4. The number of methoxy groups -OCH3 is 1. The Morgan fingerprint density at radius 1 is 1.20 bits per heavy atom. The summed E-state index contributed by atoms with van der Waals surface area (Å²) in [6.45, 7) is 4.63. The normalized spacial score (nSPS) is 12.4. The maximum Gasteiger partial charge on any atom is 0.419 e. The van der Waals surface area contributed by atoms with Crippen LogP contribution in [0.1, 0.15) is 41.4 Å². The first kappa shape index (κ1) is 24.0. The number of fused-ring (bicyclic) bond motifs is 1. The molecule has 0 spiro atoms. The smallest absolute Gasteiger partial charge is 0.419 e. The third kappa shape index (κ3) is 5.34. The molecule has 2 N–H and O–H groups in total. The highest BCUT2D eigenvalue weighted by Crippen LogP contribution is 2.36.